The number of anilines is 1. The number of aromatic nitrogens is 1. The summed E-state index contributed by atoms with van der Waals surface area (Å²) in [5.74, 6) is -0.332. The van der Waals surface area contributed by atoms with E-state index < -0.39 is 0 Å². The summed E-state index contributed by atoms with van der Waals surface area (Å²) in [4.78, 5) is 20.6. The Morgan fingerprint density at radius 2 is 2.12 bits per heavy atom. The first kappa shape index (κ1) is 12.2. The van der Waals surface area contributed by atoms with E-state index in [1.54, 1.807) is 38.5 Å². The van der Waals surface area contributed by atoms with Gasteiger partial charge in [0.2, 0.25) is 0 Å². The van der Waals surface area contributed by atoms with Gasteiger partial charge >= 0.3 is 5.97 Å². The van der Waals surface area contributed by atoms with Gasteiger partial charge in [-0.3, -0.25) is 4.98 Å². The highest BCUT2D eigenvalue weighted by Gasteiger charge is 2.09. The van der Waals surface area contributed by atoms with Gasteiger partial charge in [-0.1, -0.05) is 13.0 Å². The Bertz CT molecular complexity index is 374. The number of allylic oxidation sites excluding steroid dienone is 1. The van der Waals surface area contributed by atoms with E-state index in [-0.39, 0.29) is 5.97 Å². The fourth-order valence-electron chi connectivity index (χ4n) is 1.19. The van der Waals surface area contributed by atoms with Crippen molar-refractivity contribution in [1.82, 2.24) is 4.98 Å². The van der Waals surface area contributed by atoms with Crippen LogP contribution in [0.3, 0.4) is 0 Å². The highest BCUT2D eigenvalue weighted by molar-refractivity contribution is 5.88. The fourth-order valence-corrected chi connectivity index (χ4v) is 1.19. The number of carbonyl (C=O) groups excluding carboxylic acids is 1. The number of pyridine rings is 1. The van der Waals surface area contributed by atoms with Crippen molar-refractivity contribution in [2.75, 3.05) is 12.1 Å². The summed E-state index contributed by atoms with van der Waals surface area (Å²) in [6.45, 7) is 3.72. The molecule has 0 aliphatic rings. The van der Waals surface area contributed by atoms with Crippen molar-refractivity contribution in [3.8, 4) is 0 Å². The summed E-state index contributed by atoms with van der Waals surface area (Å²) in [6.07, 6.45) is 5.95. The van der Waals surface area contributed by atoms with E-state index in [9.17, 15) is 4.79 Å². The van der Waals surface area contributed by atoms with Crippen molar-refractivity contribution >= 4 is 11.7 Å². The second kappa shape index (κ2) is 5.90. The van der Waals surface area contributed by atoms with Crippen LogP contribution in [-0.4, -0.2) is 18.0 Å². The predicted molar refractivity (Wildman–Crippen MR) is 62.8 cm³/mol. The number of hydrogen-bond acceptors (Lipinski definition) is 4. The highest BCUT2D eigenvalue weighted by atomic mass is 16.7. The van der Waals surface area contributed by atoms with Crippen LogP contribution in [-0.2, 0) is 9.63 Å². The van der Waals surface area contributed by atoms with E-state index >= 15 is 0 Å². The zero-order valence-corrected chi connectivity index (χ0v) is 9.80. The van der Waals surface area contributed by atoms with Crippen molar-refractivity contribution < 1.29 is 9.63 Å². The molecule has 1 aromatic rings. The molecular formula is C12H16N2O2. The van der Waals surface area contributed by atoms with Crippen LogP contribution in [0.1, 0.15) is 20.3 Å². The van der Waals surface area contributed by atoms with Crippen molar-refractivity contribution in [2.45, 2.75) is 20.3 Å². The lowest BCUT2D eigenvalue weighted by molar-refractivity contribution is -0.139. The summed E-state index contributed by atoms with van der Waals surface area (Å²) in [7, 11) is 1.69. The maximum absolute atomic E-state index is 11.6. The van der Waals surface area contributed by atoms with Gasteiger partial charge in [-0.15, -0.1) is 0 Å². The van der Waals surface area contributed by atoms with Crippen LogP contribution in [0.4, 0.5) is 5.69 Å². The van der Waals surface area contributed by atoms with Gasteiger partial charge < -0.3 is 4.84 Å². The molecule has 0 fully saturated rings. The zero-order chi connectivity index (χ0) is 12.0. The van der Waals surface area contributed by atoms with Gasteiger partial charge in [-0.2, -0.15) is 0 Å². The first-order valence-electron chi connectivity index (χ1n) is 5.18. The number of nitrogens with zero attached hydrogens (tertiary/aromatic N) is 2. The topological polar surface area (TPSA) is 42.4 Å². The van der Waals surface area contributed by atoms with Crippen LogP contribution in [0.15, 0.2) is 36.2 Å². The van der Waals surface area contributed by atoms with E-state index in [1.807, 2.05) is 13.0 Å². The Labute approximate surface area is 95.5 Å². The average molecular weight is 220 g/mol. The number of rotatable bonds is 4. The molecular weight excluding hydrogens is 204 g/mol. The smallest absolute Gasteiger partial charge is 0.336 e. The fraction of sp³-hybridized carbons (Fsp3) is 0.333. The van der Waals surface area contributed by atoms with Crippen molar-refractivity contribution in [2.24, 2.45) is 0 Å². The van der Waals surface area contributed by atoms with Crippen LogP contribution in [0, 0.1) is 0 Å². The standard InChI is InChI=1S/C12H16N2O2/c1-4-5-10(2)12(15)16-14(3)11-6-8-13-9-7-11/h5-9H,4H2,1-3H3. The quantitative estimate of drug-likeness (QED) is 0.577. The molecule has 0 atom stereocenters. The molecule has 0 saturated heterocycles. The molecule has 0 unspecified atom stereocenters. The molecule has 4 nitrogen and oxygen atoms in total. The molecule has 0 spiro atoms. The Kier molecular flexibility index (Phi) is 4.51. The lowest BCUT2D eigenvalue weighted by Gasteiger charge is -2.17. The first-order chi connectivity index (χ1) is 7.65. The Hall–Kier alpha value is -1.84. The molecule has 0 aliphatic carbocycles. The largest absolute Gasteiger partial charge is 0.358 e. The number of hydrogen-bond donors (Lipinski definition) is 0. The average Bonchev–Trinajstić information content (AvgIpc) is 2.30. The van der Waals surface area contributed by atoms with Crippen LogP contribution in [0.5, 0.6) is 0 Å². The minimum absolute atomic E-state index is 0.332. The zero-order valence-electron chi connectivity index (χ0n) is 9.80. The van der Waals surface area contributed by atoms with Gasteiger partial charge in [0.15, 0.2) is 0 Å². The van der Waals surface area contributed by atoms with E-state index in [0.717, 1.165) is 12.1 Å². The third-order valence-corrected chi connectivity index (χ3v) is 2.08. The third-order valence-electron chi connectivity index (χ3n) is 2.08. The van der Waals surface area contributed by atoms with E-state index in [4.69, 9.17) is 4.84 Å². The highest BCUT2D eigenvalue weighted by Crippen LogP contribution is 2.11. The molecule has 0 aliphatic heterocycles. The van der Waals surface area contributed by atoms with Gasteiger partial charge in [0.1, 0.15) is 0 Å². The molecule has 0 saturated carbocycles. The van der Waals surface area contributed by atoms with E-state index in [1.165, 1.54) is 5.06 Å². The summed E-state index contributed by atoms with van der Waals surface area (Å²) in [5.41, 5.74) is 1.40. The van der Waals surface area contributed by atoms with Gasteiger partial charge in [0.25, 0.3) is 0 Å². The molecule has 16 heavy (non-hydrogen) atoms. The van der Waals surface area contributed by atoms with Crippen molar-refractivity contribution in [3.63, 3.8) is 0 Å². The maximum Gasteiger partial charge on any atom is 0.358 e. The molecule has 0 radical (unpaired) electrons. The third kappa shape index (κ3) is 3.38. The Morgan fingerprint density at radius 3 is 2.69 bits per heavy atom. The van der Waals surface area contributed by atoms with E-state index in [0.29, 0.717) is 5.57 Å². The molecule has 0 aromatic carbocycles. The molecule has 0 bridgehead atoms. The van der Waals surface area contributed by atoms with Gasteiger partial charge in [0.05, 0.1) is 5.69 Å². The van der Waals surface area contributed by atoms with Crippen LogP contribution in [0.25, 0.3) is 0 Å². The number of carbonyl (C=O) groups is 1. The maximum atomic E-state index is 11.6. The van der Waals surface area contributed by atoms with Gasteiger partial charge in [-0.05, 0) is 25.5 Å². The number of hydroxylamine groups is 1. The van der Waals surface area contributed by atoms with Crippen molar-refractivity contribution in [3.05, 3.63) is 36.2 Å². The minimum Gasteiger partial charge on any atom is -0.336 e. The normalized spacial score (nSPS) is 11.1. The first-order valence-corrected chi connectivity index (χ1v) is 5.18. The lowest BCUT2D eigenvalue weighted by atomic mass is 10.2. The second-order valence-corrected chi connectivity index (χ2v) is 3.38. The Morgan fingerprint density at radius 1 is 1.50 bits per heavy atom. The summed E-state index contributed by atoms with van der Waals surface area (Å²) >= 11 is 0. The molecule has 4 heteroatoms. The SMILES string of the molecule is CCC=C(C)C(=O)ON(C)c1ccncc1. The Balaban J connectivity index is 2.62. The molecule has 1 aromatic heterocycles. The molecule has 0 amide bonds. The van der Waals surface area contributed by atoms with Crippen molar-refractivity contribution in [1.29, 1.82) is 0 Å². The molecule has 86 valence electrons. The van der Waals surface area contributed by atoms with Gasteiger partial charge in [0, 0.05) is 25.0 Å². The minimum atomic E-state index is -0.332. The van der Waals surface area contributed by atoms with Crippen LogP contribution in [0.2, 0.25) is 0 Å². The summed E-state index contributed by atoms with van der Waals surface area (Å²) in [6, 6.07) is 3.54. The summed E-state index contributed by atoms with van der Waals surface area (Å²) < 4.78 is 0. The van der Waals surface area contributed by atoms with Crippen LogP contribution < -0.4 is 5.06 Å². The molecule has 0 N–H and O–H groups in total. The second-order valence-electron chi connectivity index (χ2n) is 3.38. The van der Waals surface area contributed by atoms with Gasteiger partial charge in [-0.25, -0.2) is 9.86 Å². The lowest BCUT2D eigenvalue weighted by Crippen LogP contribution is -2.23. The van der Waals surface area contributed by atoms with Crippen LogP contribution >= 0.6 is 0 Å². The molecule has 1 rings (SSSR count). The predicted octanol–water partition coefficient (Wildman–Crippen LogP) is 2.33. The van der Waals surface area contributed by atoms with E-state index in [2.05, 4.69) is 4.98 Å². The monoisotopic (exact) mass is 220 g/mol. The summed E-state index contributed by atoms with van der Waals surface area (Å²) in [5, 5.41) is 1.43. The molecule has 1 heterocycles.